The van der Waals surface area contributed by atoms with Crippen LogP contribution in [0.25, 0.3) is 0 Å². The summed E-state index contributed by atoms with van der Waals surface area (Å²) in [5.74, 6) is 1.07. The van der Waals surface area contributed by atoms with E-state index in [2.05, 4.69) is 16.0 Å². The van der Waals surface area contributed by atoms with Crippen LogP contribution in [0.15, 0.2) is 18.3 Å². The molecule has 1 aromatic heterocycles. The number of nitrogens with zero attached hydrogens (tertiary/aromatic N) is 4. The number of amides is 1. The van der Waals surface area contributed by atoms with E-state index < -0.39 is 0 Å². The Morgan fingerprint density at radius 1 is 1.25 bits per heavy atom. The predicted octanol–water partition coefficient (Wildman–Crippen LogP) is 1.65. The average molecular weight is 272 g/mol. The van der Waals surface area contributed by atoms with Gasteiger partial charge in [0.15, 0.2) is 0 Å². The fourth-order valence-corrected chi connectivity index (χ4v) is 2.25. The summed E-state index contributed by atoms with van der Waals surface area (Å²) in [6, 6.07) is 5.70. The molecule has 1 fully saturated rings. The summed E-state index contributed by atoms with van der Waals surface area (Å²) in [5.41, 5.74) is 0.241. The van der Waals surface area contributed by atoms with E-state index in [9.17, 15) is 4.79 Å². The van der Waals surface area contributed by atoms with Gasteiger partial charge in [-0.1, -0.05) is 20.8 Å². The molecule has 106 valence electrons. The zero-order chi connectivity index (χ0) is 14.8. The standard InChI is InChI=1S/C15H20N4O/c1-15(2,3)14(20)19-8-6-18(7-9-19)13-5-4-12(10-16)11-17-13/h4-5,11H,6-9H2,1-3H3. The summed E-state index contributed by atoms with van der Waals surface area (Å²) in [6.07, 6.45) is 1.59. The van der Waals surface area contributed by atoms with Crippen molar-refractivity contribution in [2.45, 2.75) is 20.8 Å². The maximum absolute atomic E-state index is 12.2. The van der Waals surface area contributed by atoms with Gasteiger partial charge in [-0.2, -0.15) is 5.26 Å². The third kappa shape index (κ3) is 3.08. The lowest BCUT2D eigenvalue weighted by atomic mass is 9.94. The summed E-state index contributed by atoms with van der Waals surface area (Å²) in [6.45, 7) is 8.84. The number of anilines is 1. The van der Waals surface area contributed by atoms with Gasteiger partial charge in [0.1, 0.15) is 11.9 Å². The topological polar surface area (TPSA) is 60.2 Å². The van der Waals surface area contributed by atoms with E-state index in [1.165, 1.54) is 0 Å². The second kappa shape index (κ2) is 5.49. The summed E-state index contributed by atoms with van der Waals surface area (Å²) in [4.78, 5) is 20.6. The van der Waals surface area contributed by atoms with Crippen molar-refractivity contribution < 1.29 is 4.79 Å². The lowest BCUT2D eigenvalue weighted by Crippen LogP contribution is -2.51. The van der Waals surface area contributed by atoms with Crippen molar-refractivity contribution >= 4 is 11.7 Å². The molecular weight excluding hydrogens is 252 g/mol. The highest BCUT2D eigenvalue weighted by Gasteiger charge is 2.29. The molecule has 5 nitrogen and oxygen atoms in total. The minimum Gasteiger partial charge on any atom is -0.353 e. The Morgan fingerprint density at radius 3 is 2.35 bits per heavy atom. The Labute approximate surface area is 119 Å². The fraction of sp³-hybridized carbons (Fsp3) is 0.533. The minimum absolute atomic E-state index is 0.199. The molecule has 1 saturated heterocycles. The summed E-state index contributed by atoms with van der Waals surface area (Å²) in [5, 5.41) is 8.76. The monoisotopic (exact) mass is 272 g/mol. The predicted molar refractivity (Wildman–Crippen MR) is 77.2 cm³/mol. The van der Waals surface area contributed by atoms with E-state index in [4.69, 9.17) is 5.26 Å². The van der Waals surface area contributed by atoms with Gasteiger partial charge in [0.25, 0.3) is 0 Å². The number of rotatable bonds is 1. The molecule has 0 N–H and O–H groups in total. The number of pyridine rings is 1. The Hall–Kier alpha value is -2.09. The molecule has 2 heterocycles. The smallest absolute Gasteiger partial charge is 0.228 e. The average Bonchev–Trinajstić information content (AvgIpc) is 2.46. The van der Waals surface area contributed by atoms with Crippen LogP contribution in [0.2, 0.25) is 0 Å². The van der Waals surface area contributed by atoms with Crippen molar-refractivity contribution in [2.75, 3.05) is 31.1 Å². The van der Waals surface area contributed by atoms with Gasteiger partial charge in [-0.15, -0.1) is 0 Å². The SMILES string of the molecule is CC(C)(C)C(=O)N1CCN(c2ccc(C#N)cn2)CC1. The van der Waals surface area contributed by atoms with Crippen LogP contribution in [0.1, 0.15) is 26.3 Å². The highest BCUT2D eigenvalue weighted by molar-refractivity contribution is 5.81. The molecule has 1 amide bonds. The van der Waals surface area contributed by atoms with E-state index in [-0.39, 0.29) is 11.3 Å². The van der Waals surface area contributed by atoms with Crippen LogP contribution in [-0.2, 0) is 4.79 Å². The van der Waals surface area contributed by atoms with Gasteiger partial charge < -0.3 is 9.80 Å². The lowest BCUT2D eigenvalue weighted by molar-refractivity contribution is -0.139. The molecule has 0 aromatic carbocycles. The zero-order valence-corrected chi connectivity index (χ0v) is 12.3. The molecule has 0 unspecified atom stereocenters. The fourth-order valence-electron chi connectivity index (χ4n) is 2.25. The van der Waals surface area contributed by atoms with Gasteiger partial charge in [-0.3, -0.25) is 4.79 Å². The molecule has 0 saturated carbocycles. The Bertz CT molecular complexity index is 516. The first kappa shape index (κ1) is 14.3. The molecule has 5 heteroatoms. The van der Waals surface area contributed by atoms with Crippen LogP contribution in [0.3, 0.4) is 0 Å². The van der Waals surface area contributed by atoms with Crippen LogP contribution >= 0.6 is 0 Å². The largest absolute Gasteiger partial charge is 0.353 e. The van der Waals surface area contributed by atoms with Crippen molar-refractivity contribution in [3.05, 3.63) is 23.9 Å². The van der Waals surface area contributed by atoms with Crippen molar-refractivity contribution in [2.24, 2.45) is 5.41 Å². The quantitative estimate of drug-likeness (QED) is 0.780. The van der Waals surface area contributed by atoms with Gasteiger partial charge in [-0.25, -0.2) is 4.98 Å². The summed E-state index contributed by atoms with van der Waals surface area (Å²) >= 11 is 0. The van der Waals surface area contributed by atoms with Crippen LogP contribution in [0, 0.1) is 16.7 Å². The molecular formula is C15H20N4O. The molecule has 0 aliphatic carbocycles. The van der Waals surface area contributed by atoms with Gasteiger partial charge in [0, 0.05) is 37.8 Å². The first-order valence-electron chi connectivity index (χ1n) is 6.82. The van der Waals surface area contributed by atoms with Crippen molar-refractivity contribution in [1.82, 2.24) is 9.88 Å². The number of hydrogen-bond donors (Lipinski definition) is 0. The third-order valence-corrected chi connectivity index (χ3v) is 3.41. The van der Waals surface area contributed by atoms with Gasteiger partial charge in [0.05, 0.1) is 5.56 Å². The lowest BCUT2D eigenvalue weighted by Gasteiger charge is -2.38. The van der Waals surface area contributed by atoms with Crippen LogP contribution in [-0.4, -0.2) is 42.0 Å². The number of nitriles is 1. The molecule has 2 rings (SSSR count). The Kier molecular flexibility index (Phi) is 3.93. The highest BCUT2D eigenvalue weighted by Crippen LogP contribution is 2.20. The van der Waals surface area contributed by atoms with Gasteiger partial charge >= 0.3 is 0 Å². The second-order valence-corrected chi connectivity index (χ2v) is 6.05. The van der Waals surface area contributed by atoms with E-state index in [0.29, 0.717) is 5.56 Å². The zero-order valence-electron chi connectivity index (χ0n) is 12.3. The van der Waals surface area contributed by atoms with Gasteiger partial charge in [0.2, 0.25) is 5.91 Å². The number of carbonyl (C=O) groups excluding carboxylic acids is 1. The van der Waals surface area contributed by atoms with Crippen molar-refractivity contribution in [3.63, 3.8) is 0 Å². The molecule has 0 radical (unpaired) electrons. The van der Waals surface area contributed by atoms with Crippen LogP contribution < -0.4 is 4.90 Å². The molecule has 1 aromatic rings. The number of hydrogen-bond acceptors (Lipinski definition) is 4. The third-order valence-electron chi connectivity index (χ3n) is 3.41. The number of aromatic nitrogens is 1. The molecule has 1 aliphatic rings. The Balaban J connectivity index is 1.97. The first-order valence-corrected chi connectivity index (χ1v) is 6.82. The minimum atomic E-state index is -0.325. The first-order chi connectivity index (χ1) is 9.41. The normalized spacial score (nSPS) is 15.9. The van der Waals surface area contributed by atoms with E-state index in [1.807, 2.05) is 31.7 Å². The van der Waals surface area contributed by atoms with Crippen LogP contribution in [0.4, 0.5) is 5.82 Å². The Morgan fingerprint density at radius 2 is 1.90 bits per heavy atom. The van der Waals surface area contributed by atoms with Crippen molar-refractivity contribution in [1.29, 1.82) is 5.26 Å². The second-order valence-electron chi connectivity index (χ2n) is 6.05. The summed E-state index contributed by atoms with van der Waals surface area (Å²) < 4.78 is 0. The highest BCUT2D eigenvalue weighted by atomic mass is 16.2. The molecule has 0 bridgehead atoms. The maximum Gasteiger partial charge on any atom is 0.228 e. The number of piperazine rings is 1. The molecule has 0 spiro atoms. The summed E-state index contributed by atoms with van der Waals surface area (Å²) in [7, 11) is 0. The van der Waals surface area contributed by atoms with E-state index in [0.717, 1.165) is 32.0 Å². The van der Waals surface area contributed by atoms with E-state index >= 15 is 0 Å². The maximum atomic E-state index is 12.2. The van der Waals surface area contributed by atoms with Gasteiger partial charge in [-0.05, 0) is 12.1 Å². The van der Waals surface area contributed by atoms with Crippen molar-refractivity contribution in [3.8, 4) is 6.07 Å². The van der Waals surface area contributed by atoms with E-state index in [1.54, 1.807) is 12.3 Å². The molecule has 1 aliphatic heterocycles. The molecule has 0 atom stereocenters. The van der Waals surface area contributed by atoms with Crippen LogP contribution in [0.5, 0.6) is 0 Å². The molecule has 20 heavy (non-hydrogen) atoms. The number of carbonyl (C=O) groups is 1.